The van der Waals surface area contributed by atoms with Gasteiger partial charge < -0.3 is 15.1 Å². The molecule has 1 aromatic rings. The van der Waals surface area contributed by atoms with E-state index in [1.807, 2.05) is 35.8 Å². The van der Waals surface area contributed by atoms with Crippen LogP contribution in [0.5, 0.6) is 0 Å². The maximum Gasteiger partial charge on any atom is 0.317 e. The summed E-state index contributed by atoms with van der Waals surface area (Å²) in [6.45, 7) is 5.18. The standard InChI is InChI=1S/C16H22N4O2/c1-11(2)18-16(22)19-7-5-13-14(19)8-15(21)20(13)10-12-4-3-6-17-9-12/h3-4,6,9,11,13-14H,5,7-8,10H2,1-2H3,(H,18,22)/t13-,14+/m1/s1. The average molecular weight is 302 g/mol. The molecule has 0 saturated carbocycles. The zero-order valence-electron chi connectivity index (χ0n) is 13.0. The van der Waals surface area contributed by atoms with Gasteiger partial charge in [-0.05, 0) is 31.9 Å². The van der Waals surface area contributed by atoms with Gasteiger partial charge in [-0.3, -0.25) is 9.78 Å². The first-order valence-corrected chi connectivity index (χ1v) is 7.82. The maximum absolute atomic E-state index is 12.3. The van der Waals surface area contributed by atoms with Crippen LogP contribution in [-0.2, 0) is 11.3 Å². The number of aromatic nitrogens is 1. The quantitative estimate of drug-likeness (QED) is 0.917. The molecule has 1 N–H and O–H groups in total. The molecular formula is C16H22N4O2. The molecule has 3 heterocycles. The van der Waals surface area contributed by atoms with Crippen LogP contribution < -0.4 is 5.32 Å². The molecule has 2 aliphatic heterocycles. The molecule has 6 heteroatoms. The molecule has 2 saturated heterocycles. The molecule has 2 aliphatic rings. The lowest BCUT2D eigenvalue weighted by atomic mass is 10.1. The van der Waals surface area contributed by atoms with Gasteiger partial charge in [0.2, 0.25) is 5.91 Å². The predicted octanol–water partition coefficient (Wildman–Crippen LogP) is 1.37. The second-order valence-electron chi connectivity index (χ2n) is 6.31. The summed E-state index contributed by atoms with van der Waals surface area (Å²) in [6, 6.07) is 4.04. The Morgan fingerprint density at radius 1 is 1.45 bits per heavy atom. The summed E-state index contributed by atoms with van der Waals surface area (Å²) >= 11 is 0. The number of nitrogens with zero attached hydrogens (tertiary/aromatic N) is 3. The number of amides is 3. The first-order valence-electron chi connectivity index (χ1n) is 7.82. The fraction of sp³-hybridized carbons (Fsp3) is 0.562. The van der Waals surface area contributed by atoms with E-state index in [1.54, 1.807) is 12.4 Å². The van der Waals surface area contributed by atoms with Crippen LogP contribution in [0.2, 0.25) is 0 Å². The van der Waals surface area contributed by atoms with Crippen molar-refractivity contribution in [3.05, 3.63) is 30.1 Å². The Hall–Kier alpha value is -2.11. The van der Waals surface area contributed by atoms with Gasteiger partial charge in [-0.2, -0.15) is 0 Å². The number of likely N-dealkylation sites (tertiary alicyclic amines) is 2. The van der Waals surface area contributed by atoms with E-state index in [2.05, 4.69) is 10.3 Å². The van der Waals surface area contributed by atoms with E-state index >= 15 is 0 Å². The minimum atomic E-state index is -0.0569. The van der Waals surface area contributed by atoms with E-state index in [0.717, 1.165) is 12.0 Å². The Morgan fingerprint density at radius 2 is 2.27 bits per heavy atom. The molecule has 3 amide bonds. The SMILES string of the molecule is CC(C)NC(=O)N1CC[C@@H]2[C@@H]1CC(=O)N2Cc1cccnc1. The smallest absolute Gasteiger partial charge is 0.317 e. The van der Waals surface area contributed by atoms with Crippen molar-refractivity contribution < 1.29 is 9.59 Å². The molecule has 22 heavy (non-hydrogen) atoms. The van der Waals surface area contributed by atoms with E-state index in [4.69, 9.17) is 0 Å². The minimum Gasteiger partial charge on any atom is -0.336 e. The van der Waals surface area contributed by atoms with Gasteiger partial charge in [-0.1, -0.05) is 6.07 Å². The average Bonchev–Trinajstić information content (AvgIpc) is 3.00. The number of urea groups is 1. The summed E-state index contributed by atoms with van der Waals surface area (Å²) in [5.41, 5.74) is 1.03. The number of nitrogens with one attached hydrogen (secondary N) is 1. The number of hydrogen-bond donors (Lipinski definition) is 1. The van der Waals surface area contributed by atoms with E-state index in [1.165, 1.54) is 0 Å². The third kappa shape index (κ3) is 2.77. The normalized spacial score (nSPS) is 24.0. The van der Waals surface area contributed by atoms with Crippen LogP contribution in [0.1, 0.15) is 32.3 Å². The van der Waals surface area contributed by atoms with E-state index in [0.29, 0.717) is 19.5 Å². The molecule has 0 aromatic carbocycles. The molecule has 3 rings (SSSR count). The molecule has 118 valence electrons. The molecule has 2 atom stereocenters. The minimum absolute atomic E-state index is 0.00271. The van der Waals surface area contributed by atoms with Crippen molar-refractivity contribution in [1.29, 1.82) is 0 Å². The van der Waals surface area contributed by atoms with E-state index < -0.39 is 0 Å². The Balaban J connectivity index is 1.70. The summed E-state index contributed by atoms with van der Waals surface area (Å²) in [4.78, 5) is 32.4. The first kappa shape index (κ1) is 14.8. The largest absolute Gasteiger partial charge is 0.336 e. The summed E-state index contributed by atoms with van der Waals surface area (Å²) in [7, 11) is 0. The molecule has 1 aromatic heterocycles. The van der Waals surface area contributed by atoms with Crippen LogP contribution in [-0.4, -0.2) is 51.4 Å². The van der Waals surface area contributed by atoms with Crippen LogP contribution in [0.15, 0.2) is 24.5 Å². The lowest BCUT2D eigenvalue weighted by molar-refractivity contribution is -0.129. The van der Waals surface area contributed by atoms with Crippen molar-refractivity contribution in [2.75, 3.05) is 6.54 Å². The maximum atomic E-state index is 12.3. The fourth-order valence-corrected chi connectivity index (χ4v) is 3.40. The second kappa shape index (κ2) is 5.94. The Bertz CT molecular complexity index is 561. The van der Waals surface area contributed by atoms with Crippen LogP contribution >= 0.6 is 0 Å². The van der Waals surface area contributed by atoms with Gasteiger partial charge in [0.1, 0.15) is 0 Å². The van der Waals surface area contributed by atoms with Gasteiger partial charge >= 0.3 is 6.03 Å². The summed E-state index contributed by atoms with van der Waals surface area (Å²) < 4.78 is 0. The Morgan fingerprint density at radius 3 is 2.95 bits per heavy atom. The van der Waals surface area contributed by atoms with Crippen LogP contribution in [0.4, 0.5) is 4.79 Å². The number of carbonyl (C=O) groups excluding carboxylic acids is 2. The molecule has 6 nitrogen and oxygen atoms in total. The third-order valence-corrected chi connectivity index (χ3v) is 4.36. The second-order valence-corrected chi connectivity index (χ2v) is 6.31. The highest BCUT2D eigenvalue weighted by Gasteiger charge is 2.48. The zero-order valence-corrected chi connectivity index (χ0v) is 13.0. The number of hydrogen-bond acceptors (Lipinski definition) is 3. The van der Waals surface area contributed by atoms with Crippen molar-refractivity contribution in [1.82, 2.24) is 20.1 Å². The van der Waals surface area contributed by atoms with Crippen molar-refractivity contribution in [3.63, 3.8) is 0 Å². The van der Waals surface area contributed by atoms with Gasteiger partial charge in [0.05, 0.1) is 12.1 Å². The van der Waals surface area contributed by atoms with Gasteiger partial charge in [-0.15, -0.1) is 0 Å². The first-order chi connectivity index (χ1) is 10.6. The summed E-state index contributed by atoms with van der Waals surface area (Å²) in [6.07, 6.45) is 4.79. The number of pyridine rings is 1. The van der Waals surface area contributed by atoms with Crippen molar-refractivity contribution in [3.8, 4) is 0 Å². The number of carbonyl (C=O) groups is 2. The summed E-state index contributed by atoms with van der Waals surface area (Å²) in [5, 5.41) is 2.92. The molecule has 0 radical (unpaired) electrons. The van der Waals surface area contributed by atoms with Gasteiger partial charge in [0.15, 0.2) is 0 Å². The topological polar surface area (TPSA) is 65.5 Å². The van der Waals surface area contributed by atoms with E-state index in [-0.39, 0.29) is 30.1 Å². The van der Waals surface area contributed by atoms with Crippen molar-refractivity contribution in [2.24, 2.45) is 0 Å². The van der Waals surface area contributed by atoms with Crippen LogP contribution in [0.3, 0.4) is 0 Å². The lowest BCUT2D eigenvalue weighted by Gasteiger charge is -2.26. The van der Waals surface area contributed by atoms with Gasteiger partial charge in [0.25, 0.3) is 0 Å². The molecule has 0 aliphatic carbocycles. The number of rotatable bonds is 3. The Labute approximate surface area is 130 Å². The van der Waals surface area contributed by atoms with E-state index in [9.17, 15) is 9.59 Å². The van der Waals surface area contributed by atoms with Crippen molar-refractivity contribution >= 4 is 11.9 Å². The monoisotopic (exact) mass is 302 g/mol. The highest BCUT2D eigenvalue weighted by Crippen LogP contribution is 2.33. The van der Waals surface area contributed by atoms with Gasteiger partial charge in [-0.25, -0.2) is 4.79 Å². The van der Waals surface area contributed by atoms with Crippen molar-refractivity contribution in [2.45, 2.75) is 51.4 Å². The zero-order chi connectivity index (χ0) is 15.7. The Kier molecular flexibility index (Phi) is 4.00. The highest BCUT2D eigenvalue weighted by molar-refractivity contribution is 5.83. The summed E-state index contributed by atoms with van der Waals surface area (Å²) in [5.74, 6) is 0.126. The van der Waals surface area contributed by atoms with Gasteiger partial charge in [0, 0.05) is 37.9 Å². The molecule has 0 unspecified atom stereocenters. The predicted molar refractivity (Wildman–Crippen MR) is 82.0 cm³/mol. The lowest BCUT2D eigenvalue weighted by Crippen LogP contribution is -2.46. The van der Waals surface area contributed by atoms with Crippen LogP contribution in [0, 0.1) is 0 Å². The van der Waals surface area contributed by atoms with Crippen LogP contribution in [0.25, 0.3) is 0 Å². The third-order valence-electron chi connectivity index (χ3n) is 4.36. The molecule has 2 fully saturated rings. The molecule has 0 spiro atoms. The number of fused-ring (bicyclic) bond motifs is 1. The molecule has 0 bridgehead atoms. The molecular weight excluding hydrogens is 280 g/mol. The fourth-order valence-electron chi connectivity index (χ4n) is 3.40. The highest BCUT2D eigenvalue weighted by atomic mass is 16.2.